The predicted octanol–water partition coefficient (Wildman–Crippen LogP) is 3.22. The molecule has 0 unspecified atom stereocenters. The highest BCUT2D eigenvalue weighted by Crippen LogP contribution is 2.47. The highest BCUT2D eigenvalue weighted by molar-refractivity contribution is 6.06. The van der Waals surface area contributed by atoms with Crippen molar-refractivity contribution in [2.75, 3.05) is 0 Å². The number of fused-ring (bicyclic) bond motifs is 1. The van der Waals surface area contributed by atoms with Gasteiger partial charge in [0.2, 0.25) is 0 Å². The van der Waals surface area contributed by atoms with Crippen LogP contribution in [0.25, 0.3) is 17.7 Å². The summed E-state index contributed by atoms with van der Waals surface area (Å²) >= 11 is 0. The van der Waals surface area contributed by atoms with E-state index >= 15 is 0 Å². The summed E-state index contributed by atoms with van der Waals surface area (Å²) in [5.41, 5.74) is 5.71. The Kier molecular flexibility index (Phi) is 1.65. The Morgan fingerprint density at radius 3 is 2.43 bits per heavy atom. The zero-order valence-electron chi connectivity index (χ0n) is 7.80. The molecule has 0 spiro atoms. The van der Waals surface area contributed by atoms with Crippen LogP contribution in [0.15, 0.2) is 25.8 Å². The molecule has 0 aliphatic heterocycles. The van der Waals surface area contributed by atoms with Crippen LogP contribution in [0.1, 0.15) is 27.8 Å². The molecule has 0 bridgehead atoms. The highest BCUT2D eigenvalue weighted by atomic mass is 14.3. The van der Waals surface area contributed by atoms with E-state index in [4.69, 9.17) is 5.26 Å². The van der Waals surface area contributed by atoms with Crippen LogP contribution in [0, 0.1) is 11.3 Å². The monoisotopic (exact) mass is 179 g/mol. The lowest BCUT2D eigenvalue weighted by Gasteiger charge is -1.98. The molecule has 1 aliphatic carbocycles. The third kappa shape index (κ3) is 0.884. The highest BCUT2D eigenvalue weighted by Gasteiger charge is 2.30. The van der Waals surface area contributed by atoms with Gasteiger partial charge in [0.15, 0.2) is 0 Å². The van der Waals surface area contributed by atoms with Crippen molar-refractivity contribution in [1.82, 2.24) is 0 Å². The molecule has 1 heteroatoms. The lowest BCUT2D eigenvalue weighted by atomic mass is 10.0. The largest absolute Gasteiger partial charge is 0.192 e. The van der Waals surface area contributed by atoms with Crippen LogP contribution in [0.3, 0.4) is 0 Å². The fourth-order valence-corrected chi connectivity index (χ4v) is 1.75. The molecular formula is C13H9N. The van der Waals surface area contributed by atoms with Crippen molar-refractivity contribution in [3.05, 3.63) is 53.6 Å². The van der Waals surface area contributed by atoms with Crippen LogP contribution < -0.4 is 0 Å². The summed E-state index contributed by atoms with van der Waals surface area (Å²) in [7, 11) is 0. The van der Waals surface area contributed by atoms with Crippen LogP contribution >= 0.6 is 0 Å². The van der Waals surface area contributed by atoms with E-state index in [1.165, 1.54) is 0 Å². The SMILES string of the molecule is C=Cc1cc(C#N)c2c(c1C=C)C2=C. The Morgan fingerprint density at radius 2 is 1.93 bits per heavy atom. The van der Waals surface area contributed by atoms with Gasteiger partial charge in [0.25, 0.3) is 0 Å². The molecule has 0 saturated heterocycles. The van der Waals surface area contributed by atoms with E-state index in [1.807, 2.05) is 6.07 Å². The molecule has 0 aromatic heterocycles. The van der Waals surface area contributed by atoms with Crippen LogP contribution in [0.5, 0.6) is 0 Å². The van der Waals surface area contributed by atoms with Crippen molar-refractivity contribution in [3.63, 3.8) is 0 Å². The smallest absolute Gasteiger partial charge is 0.0998 e. The van der Waals surface area contributed by atoms with Gasteiger partial charge in [-0.05, 0) is 28.3 Å². The second-order valence-electron chi connectivity index (χ2n) is 3.18. The first-order valence-corrected chi connectivity index (χ1v) is 4.30. The lowest BCUT2D eigenvalue weighted by molar-refractivity contribution is 1.48. The summed E-state index contributed by atoms with van der Waals surface area (Å²) in [6.45, 7) is 11.4. The molecule has 0 amide bonds. The summed E-state index contributed by atoms with van der Waals surface area (Å²) < 4.78 is 0. The molecule has 2 rings (SSSR count). The summed E-state index contributed by atoms with van der Waals surface area (Å²) in [6, 6.07) is 4.00. The summed E-state index contributed by atoms with van der Waals surface area (Å²) in [5, 5.41) is 8.90. The van der Waals surface area contributed by atoms with Gasteiger partial charge < -0.3 is 0 Å². The van der Waals surface area contributed by atoms with Gasteiger partial charge in [-0.15, -0.1) is 0 Å². The van der Waals surface area contributed by atoms with Gasteiger partial charge in [0, 0.05) is 5.56 Å². The minimum atomic E-state index is 0.686. The van der Waals surface area contributed by atoms with Gasteiger partial charge in [0.1, 0.15) is 0 Å². The summed E-state index contributed by atoms with van der Waals surface area (Å²) in [5.74, 6) is 0. The molecule has 0 saturated carbocycles. The number of hydrogen-bond acceptors (Lipinski definition) is 1. The maximum absolute atomic E-state index is 8.90. The van der Waals surface area contributed by atoms with Crippen LogP contribution in [0.2, 0.25) is 0 Å². The summed E-state index contributed by atoms with van der Waals surface area (Å²) in [6.07, 6.45) is 3.53. The quantitative estimate of drug-likeness (QED) is 0.694. The minimum absolute atomic E-state index is 0.686. The Bertz CT molecular complexity index is 509. The molecule has 0 heterocycles. The van der Waals surface area contributed by atoms with Crippen LogP contribution in [-0.2, 0) is 0 Å². The molecule has 14 heavy (non-hydrogen) atoms. The first kappa shape index (κ1) is 8.52. The Hall–Kier alpha value is -2.07. The Balaban J connectivity index is 2.81. The molecule has 0 fully saturated rings. The first-order valence-electron chi connectivity index (χ1n) is 4.30. The molecule has 1 nitrogen and oxygen atoms in total. The van der Waals surface area contributed by atoms with Gasteiger partial charge in [-0.1, -0.05) is 31.9 Å². The number of benzene rings is 1. The van der Waals surface area contributed by atoms with E-state index in [2.05, 4.69) is 25.8 Å². The van der Waals surface area contributed by atoms with E-state index in [0.29, 0.717) is 5.56 Å². The van der Waals surface area contributed by atoms with Crippen molar-refractivity contribution < 1.29 is 0 Å². The normalized spacial score (nSPS) is 11.5. The molecular weight excluding hydrogens is 170 g/mol. The van der Waals surface area contributed by atoms with Crippen molar-refractivity contribution in [1.29, 1.82) is 5.26 Å². The second kappa shape index (κ2) is 2.71. The van der Waals surface area contributed by atoms with Gasteiger partial charge in [-0.3, -0.25) is 0 Å². The second-order valence-corrected chi connectivity index (χ2v) is 3.18. The zero-order chi connectivity index (χ0) is 10.3. The topological polar surface area (TPSA) is 23.8 Å². The van der Waals surface area contributed by atoms with E-state index < -0.39 is 0 Å². The average Bonchev–Trinajstić information content (AvgIpc) is 2.88. The fourth-order valence-electron chi connectivity index (χ4n) is 1.75. The van der Waals surface area contributed by atoms with Gasteiger partial charge in [-0.25, -0.2) is 0 Å². The maximum atomic E-state index is 8.90. The fraction of sp³-hybridized carbons (Fsp3) is 0. The number of hydrogen-bond donors (Lipinski definition) is 0. The standard InChI is InChI=1S/C13H9N/c1-4-9-6-10(7-14)12-8(3)13(12)11(9)5-2/h4-6H,1-3H2. The maximum Gasteiger partial charge on any atom is 0.0998 e. The number of nitriles is 1. The zero-order valence-corrected chi connectivity index (χ0v) is 7.80. The molecule has 0 N–H and O–H groups in total. The van der Waals surface area contributed by atoms with Crippen molar-refractivity contribution in [2.45, 2.75) is 0 Å². The van der Waals surface area contributed by atoms with E-state index in [0.717, 1.165) is 27.8 Å². The van der Waals surface area contributed by atoms with Crippen molar-refractivity contribution in [3.8, 4) is 6.07 Å². The van der Waals surface area contributed by atoms with E-state index in [9.17, 15) is 0 Å². The molecule has 1 aromatic carbocycles. The molecule has 0 atom stereocenters. The van der Waals surface area contributed by atoms with Gasteiger partial charge in [-0.2, -0.15) is 5.26 Å². The van der Waals surface area contributed by atoms with Crippen molar-refractivity contribution in [2.24, 2.45) is 0 Å². The molecule has 1 aliphatic rings. The third-order valence-electron chi connectivity index (χ3n) is 2.49. The van der Waals surface area contributed by atoms with E-state index in [1.54, 1.807) is 12.2 Å². The first-order chi connectivity index (χ1) is 6.74. The lowest BCUT2D eigenvalue weighted by Crippen LogP contribution is -1.82. The average molecular weight is 179 g/mol. The minimum Gasteiger partial charge on any atom is -0.192 e. The predicted molar refractivity (Wildman–Crippen MR) is 59.5 cm³/mol. The van der Waals surface area contributed by atoms with Gasteiger partial charge in [0.05, 0.1) is 11.6 Å². The molecule has 66 valence electrons. The van der Waals surface area contributed by atoms with Gasteiger partial charge >= 0.3 is 0 Å². The van der Waals surface area contributed by atoms with E-state index in [-0.39, 0.29) is 0 Å². The third-order valence-corrected chi connectivity index (χ3v) is 2.49. The molecule has 0 radical (unpaired) electrons. The Labute approximate surface area is 83.3 Å². The number of rotatable bonds is 2. The van der Waals surface area contributed by atoms with Crippen molar-refractivity contribution >= 4 is 17.7 Å². The van der Waals surface area contributed by atoms with Crippen LogP contribution in [0.4, 0.5) is 0 Å². The van der Waals surface area contributed by atoms with Crippen LogP contribution in [-0.4, -0.2) is 0 Å². The number of nitrogens with zero attached hydrogens (tertiary/aromatic N) is 1. The summed E-state index contributed by atoms with van der Waals surface area (Å²) in [4.78, 5) is 0. The molecule has 1 aromatic rings. The Morgan fingerprint density at radius 1 is 1.21 bits per heavy atom.